The molecule has 0 radical (unpaired) electrons. The number of nitrogens with one attached hydrogen (secondary N) is 4. The van der Waals surface area contributed by atoms with Crippen molar-refractivity contribution in [2.24, 2.45) is 5.73 Å². The van der Waals surface area contributed by atoms with Gasteiger partial charge in [0.1, 0.15) is 30.8 Å². The summed E-state index contributed by atoms with van der Waals surface area (Å²) in [5.41, 5.74) is 8.35. The average molecular weight is 805 g/mol. The third-order valence-electron chi connectivity index (χ3n) is 9.18. The van der Waals surface area contributed by atoms with Crippen LogP contribution in [0.2, 0.25) is 0 Å². The summed E-state index contributed by atoms with van der Waals surface area (Å²) in [6, 6.07) is 19.3. The minimum Gasteiger partial charge on any atom is -0.461 e. The lowest BCUT2D eigenvalue weighted by atomic mass is 10.0. The molecule has 0 aliphatic heterocycles. The van der Waals surface area contributed by atoms with E-state index in [4.69, 9.17) is 10.5 Å². The smallest absolute Gasteiger partial charge is 0.308 e. The number of nitrogens with two attached hydrogens (primary N) is 1. The zero-order chi connectivity index (χ0) is 41.5. The molecule has 3 aromatic carbocycles. The van der Waals surface area contributed by atoms with Crippen molar-refractivity contribution in [3.8, 4) is 0 Å². The SMILES string of the molecule is CCCC[C@@H](C(=O)N[C@@H](CC(=O)OCc1ccccc1)C(=O)N[C@@H](Cc1ccccc1)C(N)=O)N(C)C(=O)[C@H](Cc1c[nH]c2ccccc12)NC(=O)CS(=O)(=O)O. The minimum absolute atomic E-state index is 0.0263. The van der Waals surface area contributed by atoms with Crippen LogP contribution in [0.1, 0.15) is 49.3 Å². The van der Waals surface area contributed by atoms with Gasteiger partial charge in [-0.05, 0) is 29.2 Å². The average Bonchev–Trinajstić information content (AvgIpc) is 3.58. The number of fused-ring (bicyclic) bond motifs is 1. The predicted molar refractivity (Wildman–Crippen MR) is 210 cm³/mol. The van der Waals surface area contributed by atoms with Crippen molar-refractivity contribution in [2.45, 2.75) is 76.2 Å². The Bertz CT molecular complexity index is 2130. The first-order valence-electron chi connectivity index (χ1n) is 18.3. The first-order chi connectivity index (χ1) is 27.1. The highest BCUT2D eigenvalue weighted by molar-refractivity contribution is 7.86. The van der Waals surface area contributed by atoms with Crippen LogP contribution < -0.4 is 21.7 Å². The largest absolute Gasteiger partial charge is 0.461 e. The van der Waals surface area contributed by atoms with Gasteiger partial charge in [-0.3, -0.25) is 33.3 Å². The van der Waals surface area contributed by atoms with Gasteiger partial charge >= 0.3 is 5.97 Å². The number of likely N-dealkylation sites (N-methyl/N-ethyl adjacent to an activating group) is 1. The van der Waals surface area contributed by atoms with E-state index < -0.39 is 82.0 Å². The molecule has 1 aromatic heterocycles. The Hall–Kier alpha value is -6.07. The van der Waals surface area contributed by atoms with Crippen LogP contribution in [0.25, 0.3) is 10.9 Å². The van der Waals surface area contributed by atoms with Gasteiger partial charge in [-0.25, -0.2) is 0 Å². The van der Waals surface area contributed by atoms with Crippen LogP contribution in [0.3, 0.4) is 0 Å². The van der Waals surface area contributed by atoms with Gasteiger partial charge in [-0.1, -0.05) is 98.6 Å². The summed E-state index contributed by atoms with van der Waals surface area (Å²) >= 11 is 0. The zero-order valence-corrected chi connectivity index (χ0v) is 32.5. The summed E-state index contributed by atoms with van der Waals surface area (Å²) in [7, 11) is -3.42. The number of carbonyl (C=O) groups is 6. The highest BCUT2D eigenvalue weighted by Crippen LogP contribution is 2.21. The summed E-state index contributed by atoms with van der Waals surface area (Å²) in [4.78, 5) is 84.7. The van der Waals surface area contributed by atoms with Gasteiger partial charge in [-0.2, -0.15) is 8.42 Å². The van der Waals surface area contributed by atoms with Crippen molar-refractivity contribution in [1.82, 2.24) is 25.8 Å². The number of hydrogen-bond donors (Lipinski definition) is 6. The Morgan fingerprint density at radius 1 is 0.807 bits per heavy atom. The number of para-hydroxylation sites is 1. The Morgan fingerprint density at radius 2 is 1.42 bits per heavy atom. The summed E-state index contributed by atoms with van der Waals surface area (Å²) in [5, 5.41) is 8.24. The van der Waals surface area contributed by atoms with E-state index in [0.29, 0.717) is 29.5 Å². The molecule has 0 bridgehead atoms. The fourth-order valence-corrected chi connectivity index (χ4v) is 6.62. The van der Waals surface area contributed by atoms with Crippen molar-refractivity contribution in [3.63, 3.8) is 0 Å². The molecule has 1 heterocycles. The number of unbranched alkanes of at least 4 members (excludes halogenated alkanes) is 1. The molecule has 4 atom stereocenters. The Labute approximate surface area is 330 Å². The molecule has 0 aliphatic rings. The first-order valence-corrected chi connectivity index (χ1v) is 20.0. The van der Waals surface area contributed by atoms with Crippen molar-refractivity contribution >= 4 is 56.5 Å². The first kappa shape index (κ1) is 43.7. The number of esters is 1. The second-order valence-electron chi connectivity index (χ2n) is 13.6. The maximum absolute atomic E-state index is 14.2. The van der Waals surface area contributed by atoms with Gasteiger partial charge in [-0.15, -0.1) is 0 Å². The summed E-state index contributed by atoms with van der Waals surface area (Å²) in [5.74, 6) is -6.66. The number of benzene rings is 3. The fourth-order valence-electron chi connectivity index (χ4n) is 6.21. The van der Waals surface area contributed by atoms with Crippen LogP contribution in [-0.2, 0) is 63.1 Å². The predicted octanol–water partition coefficient (Wildman–Crippen LogP) is 1.93. The molecule has 16 nitrogen and oxygen atoms in total. The number of primary amides is 1. The second-order valence-corrected chi connectivity index (χ2v) is 15.0. The molecule has 17 heteroatoms. The van der Waals surface area contributed by atoms with E-state index in [-0.39, 0.29) is 25.9 Å². The molecule has 0 saturated carbocycles. The van der Waals surface area contributed by atoms with Gasteiger partial charge < -0.3 is 36.3 Å². The van der Waals surface area contributed by atoms with E-state index in [2.05, 4.69) is 20.9 Å². The number of aromatic amines is 1. The molecule has 5 amide bonds. The summed E-state index contributed by atoms with van der Waals surface area (Å²) in [6.45, 7) is 1.75. The van der Waals surface area contributed by atoms with Crippen molar-refractivity contribution in [1.29, 1.82) is 0 Å². The summed E-state index contributed by atoms with van der Waals surface area (Å²) in [6.07, 6.45) is 2.03. The standard InChI is InChI=1S/C40H48N6O10S/c1-3-4-19-34(46(2)40(52)33(43-35(47)25-57(53,54)55)21-28-23-42-30-18-12-11-17-29(28)30)39(51)45-32(22-36(48)56-24-27-15-9-6-10-16-27)38(50)44-31(37(41)49)20-26-13-7-5-8-14-26/h5-18,23,31-34,42H,3-4,19-22,24-25H2,1-2H3,(H2,41,49)(H,43,47)(H,44,50)(H,45,51)(H,53,54,55)/t31-,32-,33-,34-/m0/s1. The highest BCUT2D eigenvalue weighted by Gasteiger charge is 2.36. The van der Waals surface area contributed by atoms with Crippen LogP contribution >= 0.6 is 0 Å². The molecule has 0 aliphatic carbocycles. The van der Waals surface area contributed by atoms with Gasteiger partial charge in [0.15, 0.2) is 5.75 Å². The van der Waals surface area contributed by atoms with Gasteiger partial charge in [0, 0.05) is 37.0 Å². The normalized spacial score (nSPS) is 13.4. The number of rotatable bonds is 21. The van der Waals surface area contributed by atoms with Crippen LogP contribution in [0.4, 0.5) is 0 Å². The maximum Gasteiger partial charge on any atom is 0.308 e. The molecule has 0 spiro atoms. The monoisotopic (exact) mass is 804 g/mol. The van der Waals surface area contributed by atoms with Crippen molar-refractivity contribution in [2.75, 3.05) is 12.8 Å². The third-order valence-corrected chi connectivity index (χ3v) is 9.81. The Morgan fingerprint density at radius 3 is 2.05 bits per heavy atom. The Kier molecular flexibility index (Phi) is 15.9. The number of H-pyrrole nitrogens is 1. The zero-order valence-electron chi connectivity index (χ0n) is 31.7. The molecule has 7 N–H and O–H groups in total. The van der Waals surface area contributed by atoms with E-state index in [1.165, 1.54) is 7.05 Å². The lowest BCUT2D eigenvalue weighted by Crippen LogP contribution is -2.59. The van der Waals surface area contributed by atoms with E-state index in [0.717, 1.165) is 15.8 Å². The number of hydrogen-bond acceptors (Lipinski definition) is 9. The second kappa shape index (κ2) is 20.7. The fraction of sp³-hybridized carbons (Fsp3) is 0.350. The van der Waals surface area contributed by atoms with E-state index in [1.54, 1.807) is 91.1 Å². The lowest BCUT2D eigenvalue weighted by Gasteiger charge is -2.32. The van der Waals surface area contributed by atoms with Crippen molar-refractivity contribution in [3.05, 3.63) is 108 Å². The van der Waals surface area contributed by atoms with E-state index >= 15 is 0 Å². The molecule has 304 valence electrons. The molecule has 0 fully saturated rings. The molecule has 0 saturated heterocycles. The molecule has 0 unspecified atom stereocenters. The molecule has 4 rings (SSSR count). The van der Waals surface area contributed by atoms with Crippen LogP contribution in [0.15, 0.2) is 91.1 Å². The van der Waals surface area contributed by atoms with Gasteiger partial charge in [0.05, 0.1) is 6.42 Å². The molecular weight excluding hydrogens is 757 g/mol. The molecular formula is C40H48N6O10S. The minimum atomic E-state index is -4.75. The number of amides is 5. The van der Waals surface area contributed by atoms with Crippen LogP contribution in [0, 0.1) is 0 Å². The van der Waals surface area contributed by atoms with Crippen LogP contribution in [0.5, 0.6) is 0 Å². The number of aromatic nitrogens is 1. The maximum atomic E-state index is 14.2. The third kappa shape index (κ3) is 13.6. The van der Waals surface area contributed by atoms with Gasteiger partial charge in [0.25, 0.3) is 10.1 Å². The van der Waals surface area contributed by atoms with E-state index in [9.17, 15) is 41.7 Å². The molecule has 57 heavy (non-hydrogen) atoms. The number of nitrogens with zero attached hydrogens (tertiary/aromatic N) is 1. The van der Waals surface area contributed by atoms with E-state index in [1.807, 2.05) is 6.92 Å². The lowest BCUT2D eigenvalue weighted by molar-refractivity contribution is -0.148. The van der Waals surface area contributed by atoms with Gasteiger partial charge in [0.2, 0.25) is 29.5 Å². The number of carbonyl (C=O) groups excluding carboxylic acids is 6. The number of ether oxygens (including phenoxy) is 1. The highest BCUT2D eigenvalue weighted by atomic mass is 32.2. The van der Waals surface area contributed by atoms with Crippen molar-refractivity contribution < 1.29 is 46.5 Å². The topological polar surface area (TPSA) is 247 Å². The Balaban J connectivity index is 1.60. The molecule has 4 aromatic rings. The summed E-state index contributed by atoms with van der Waals surface area (Å²) < 4.78 is 37.8. The van der Waals surface area contributed by atoms with Crippen LogP contribution in [-0.4, -0.2) is 95.3 Å². The quantitative estimate of drug-likeness (QED) is 0.0528.